The second-order valence-electron chi connectivity index (χ2n) is 18.1. The van der Waals surface area contributed by atoms with E-state index in [9.17, 15) is 20.1 Å². The van der Waals surface area contributed by atoms with Gasteiger partial charge < -0.3 is 20.6 Å². The van der Waals surface area contributed by atoms with Crippen molar-refractivity contribution in [2.24, 2.45) is 0 Å². The molecule has 0 saturated carbocycles. The Morgan fingerprint density at radius 2 is 0.707 bits per heavy atom. The monoisotopic (exact) mass is 818 g/mol. The molecule has 0 saturated heterocycles. The van der Waals surface area contributed by atoms with E-state index in [2.05, 4.69) is 31.3 Å². The van der Waals surface area contributed by atoms with Crippen molar-refractivity contribution in [3.05, 3.63) is 24.3 Å². The van der Waals surface area contributed by atoms with Gasteiger partial charge in [-0.15, -0.1) is 0 Å². The first-order valence-electron chi connectivity index (χ1n) is 26.2. The normalized spacial score (nSPS) is 13.5. The molecular formula is C53H103NO4. The fraction of sp³-hybridized carbons (Fsp3) is 0.906. The van der Waals surface area contributed by atoms with E-state index in [1.807, 2.05) is 6.08 Å². The van der Waals surface area contributed by atoms with Crippen LogP contribution in [0.5, 0.6) is 0 Å². The van der Waals surface area contributed by atoms with Crippen LogP contribution in [0, 0.1) is 0 Å². The van der Waals surface area contributed by atoms with Crippen molar-refractivity contribution < 1.29 is 20.1 Å². The van der Waals surface area contributed by atoms with Gasteiger partial charge in [-0.3, -0.25) is 4.79 Å². The zero-order valence-electron chi connectivity index (χ0n) is 39.2. The summed E-state index contributed by atoms with van der Waals surface area (Å²) in [6.45, 7) is 4.20. The summed E-state index contributed by atoms with van der Waals surface area (Å²) in [5, 5.41) is 33.3. The van der Waals surface area contributed by atoms with Crippen LogP contribution in [0.15, 0.2) is 24.3 Å². The maximum atomic E-state index is 12.5. The Hall–Kier alpha value is -1.17. The van der Waals surface area contributed by atoms with Gasteiger partial charge in [0.15, 0.2) is 0 Å². The molecule has 0 aliphatic rings. The van der Waals surface area contributed by atoms with E-state index in [-0.39, 0.29) is 6.61 Å². The number of nitrogens with one attached hydrogen (secondary N) is 1. The van der Waals surface area contributed by atoms with Gasteiger partial charge in [0, 0.05) is 0 Å². The van der Waals surface area contributed by atoms with Crippen molar-refractivity contribution >= 4 is 5.91 Å². The zero-order valence-corrected chi connectivity index (χ0v) is 39.2. The van der Waals surface area contributed by atoms with Crippen LogP contribution in [0.25, 0.3) is 0 Å². The summed E-state index contributed by atoms with van der Waals surface area (Å²) in [5.74, 6) is -0.507. The van der Waals surface area contributed by atoms with Crippen molar-refractivity contribution in [2.75, 3.05) is 6.61 Å². The maximum absolute atomic E-state index is 12.5. The molecule has 0 heterocycles. The molecule has 58 heavy (non-hydrogen) atoms. The fourth-order valence-corrected chi connectivity index (χ4v) is 8.20. The van der Waals surface area contributed by atoms with Gasteiger partial charge in [0.2, 0.25) is 5.91 Å². The zero-order chi connectivity index (χ0) is 42.3. The molecule has 0 aromatic heterocycles. The van der Waals surface area contributed by atoms with Gasteiger partial charge in [0.25, 0.3) is 0 Å². The van der Waals surface area contributed by atoms with E-state index in [1.165, 1.54) is 225 Å². The molecule has 0 aromatic rings. The number of carbonyl (C=O) groups excluding carboxylic acids is 1. The minimum Gasteiger partial charge on any atom is -0.394 e. The lowest BCUT2D eigenvalue weighted by atomic mass is 10.0. The Bertz CT molecular complexity index is 859. The number of rotatable bonds is 48. The van der Waals surface area contributed by atoms with Crippen LogP contribution in [0.2, 0.25) is 0 Å². The SMILES string of the molecule is CCCCCCCCCCCCCCCC/C=C/CC/C=C/C(O)C(CO)NC(=O)C(O)CCCCCCCCCCCCCCCCCCCCCCCCCC. The molecule has 0 radical (unpaired) electrons. The quantitative estimate of drug-likeness (QED) is 0.0364. The standard InChI is InChI=1S/C53H103NO4/c1-3-5-7-9-11-13-15-17-19-21-23-25-26-27-28-30-32-34-36-38-40-42-44-46-48-52(57)53(58)54-50(49-55)51(56)47-45-43-41-39-37-35-33-31-29-24-22-20-18-16-14-12-10-8-6-4-2/h37,39,45,47,50-52,55-57H,3-36,38,40-44,46,48-49H2,1-2H3,(H,54,58)/b39-37+,47-45+. The molecule has 0 fully saturated rings. The van der Waals surface area contributed by atoms with Crippen LogP contribution in [0.4, 0.5) is 0 Å². The summed E-state index contributed by atoms with van der Waals surface area (Å²) < 4.78 is 0. The van der Waals surface area contributed by atoms with Gasteiger partial charge >= 0.3 is 0 Å². The second kappa shape index (κ2) is 48.5. The summed E-state index contributed by atoms with van der Waals surface area (Å²) in [6, 6.07) is -0.812. The predicted octanol–water partition coefficient (Wildman–Crippen LogP) is 15.7. The highest BCUT2D eigenvalue weighted by Crippen LogP contribution is 2.17. The third kappa shape index (κ3) is 42.9. The Balaban J connectivity index is 3.60. The lowest BCUT2D eigenvalue weighted by Crippen LogP contribution is -2.48. The van der Waals surface area contributed by atoms with Crippen LogP contribution in [-0.2, 0) is 4.79 Å². The Morgan fingerprint density at radius 3 is 1.05 bits per heavy atom. The lowest BCUT2D eigenvalue weighted by molar-refractivity contribution is -0.131. The molecule has 5 nitrogen and oxygen atoms in total. The molecule has 1 amide bonds. The molecule has 3 unspecified atom stereocenters. The topological polar surface area (TPSA) is 89.8 Å². The molecular weight excluding hydrogens is 715 g/mol. The van der Waals surface area contributed by atoms with Crippen LogP contribution in [0.3, 0.4) is 0 Å². The van der Waals surface area contributed by atoms with Crippen molar-refractivity contribution in [1.29, 1.82) is 0 Å². The number of unbranched alkanes of at least 4 members (excludes halogenated alkanes) is 38. The highest BCUT2D eigenvalue weighted by atomic mass is 16.3. The first-order chi connectivity index (χ1) is 28.6. The van der Waals surface area contributed by atoms with Crippen LogP contribution < -0.4 is 5.32 Å². The van der Waals surface area contributed by atoms with E-state index < -0.39 is 24.2 Å². The molecule has 0 aliphatic heterocycles. The third-order valence-corrected chi connectivity index (χ3v) is 12.3. The van der Waals surface area contributed by atoms with Crippen molar-refractivity contribution in [3.8, 4) is 0 Å². The molecule has 0 bridgehead atoms. The summed E-state index contributed by atoms with van der Waals surface area (Å²) in [4.78, 5) is 12.5. The van der Waals surface area contributed by atoms with Crippen LogP contribution in [-0.4, -0.2) is 46.1 Å². The van der Waals surface area contributed by atoms with Gasteiger partial charge in [-0.1, -0.05) is 276 Å². The number of carbonyl (C=O) groups is 1. The van der Waals surface area contributed by atoms with Crippen molar-refractivity contribution in [1.82, 2.24) is 5.32 Å². The van der Waals surface area contributed by atoms with E-state index in [1.54, 1.807) is 6.08 Å². The first-order valence-corrected chi connectivity index (χ1v) is 26.2. The third-order valence-electron chi connectivity index (χ3n) is 12.3. The average molecular weight is 818 g/mol. The Labute approximate surface area is 362 Å². The maximum Gasteiger partial charge on any atom is 0.249 e. The van der Waals surface area contributed by atoms with Gasteiger partial charge in [-0.25, -0.2) is 0 Å². The summed E-state index contributed by atoms with van der Waals surface area (Å²) in [7, 11) is 0. The average Bonchev–Trinajstić information content (AvgIpc) is 3.23. The van der Waals surface area contributed by atoms with E-state index >= 15 is 0 Å². The molecule has 344 valence electrons. The molecule has 0 spiro atoms. The predicted molar refractivity (Wildman–Crippen MR) is 255 cm³/mol. The Kier molecular flexibility index (Phi) is 47.5. The molecule has 5 heteroatoms. The molecule has 0 aromatic carbocycles. The number of hydrogen-bond donors (Lipinski definition) is 4. The number of aliphatic hydroxyl groups excluding tert-OH is 3. The second-order valence-corrected chi connectivity index (χ2v) is 18.1. The smallest absolute Gasteiger partial charge is 0.249 e. The van der Waals surface area contributed by atoms with Crippen molar-refractivity contribution in [2.45, 2.75) is 302 Å². The van der Waals surface area contributed by atoms with Crippen molar-refractivity contribution in [3.63, 3.8) is 0 Å². The van der Waals surface area contributed by atoms with E-state index in [0.717, 1.165) is 38.5 Å². The van der Waals surface area contributed by atoms with E-state index in [4.69, 9.17) is 0 Å². The van der Waals surface area contributed by atoms with Gasteiger partial charge in [0.1, 0.15) is 6.10 Å². The number of amides is 1. The van der Waals surface area contributed by atoms with E-state index in [0.29, 0.717) is 6.42 Å². The number of hydrogen-bond acceptors (Lipinski definition) is 4. The minimum absolute atomic E-state index is 0.372. The summed E-state index contributed by atoms with van der Waals surface area (Å²) in [6.07, 6.45) is 61.0. The Morgan fingerprint density at radius 1 is 0.414 bits per heavy atom. The van der Waals surface area contributed by atoms with Crippen LogP contribution in [0.1, 0.15) is 284 Å². The fourth-order valence-electron chi connectivity index (χ4n) is 8.20. The number of allylic oxidation sites excluding steroid dienone is 3. The lowest BCUT2D eigenvalue weighted by Gasteiger charge is -2.21. The molecule has 0 rings (SSSR count). The highest BCUT2D eigenvalue weighted by Gasteiger charge is 2.22. The van der Waals surface area contributed by atoms with Gasteiger partial charge in [0.05, 0.1) is 18.8 Å². The summed E-state index contributed by atoms with van der Waals surface area (Å²) >= 11 is 0. The highest BCUT2D eigenvalue weighted by molar-refractivity contribution is 5.80. The molecule has 4 N–H and O–H groups in total. The molecule has 0 aliphatic carbocycles. The largest absolute Gasteiger partial charge is 0.394 e. The minimum atomic E-state index is -1.10. The summed E-state index contributed by atoms with van der Waals surface area (Å²) in [5.41, 5.74) is 0. The molecule has 3 atom stereocenters. The van der Waals surface area contributed by atoms with Gasteiger partial charge in [-0.2, -0.15) is 0 Å². The number of aliphatic hydroxyl groups is 3. The van der Waals surface area contributed by atoms with Crippen LogP contribution >= 0.6 is 0 Å². The van der Waals surface area contributed by atoms with Gasteiger partial charge in [-0.05, 0) is 32.1 Å². The first kappa shape index (κ1) is 56.8.